The average molecular weight is 326 g/mol. The fourth-order valence-corrected chi connectivity index (χ4v) is 3.55. The lowest BCUT2D eigenvalue weighted by molar-refractivity contribution is -0.165. The summed E-state index contributed by atoms with van der Waals surface area (Å²) >= 11 is 0. The van der Waals surface area contributed by atoms with E-state index < -0.39 is 11.0 Å². The van der Waals surface area contributed by atoms with Gasteiger partial charge in [-0.05, 0) is 19.3 Å². The van der Waals surface area contributed by atoms with E-state index in [1.807, 2.05) is 13.8 Å². The van der Waals surface area contributed by atoms with Crippen LogP contribution in [0.15, 0.2) is 0 Å². The molecule has 0 unspecified atom stereocenters. The maximum atomic E-state index is 12.6. The number of hydrogen-bond donors (Lipinski definition) is 1. The monoisotopic (exact) mass is 326 g/mol. The van der Waals surface area contributed by atoms with Crippen LogP contribution < -0.4 is 0 Å². The van der Waals surface area contributed by atoms with Gasteiger partial charge in [-0.1, -0.05) is 20.3 Å². The lowest BCUT2D eigenvalue weighted by Gasteiger charge is -2.50. The predicted molar refractivity (Wildman–Crippen MR) is 86.9 cm³/mol. The molecule has 6 nitrogen and oxygen atoms in total. The van der Waals surface area contributed by atoms with Crippen molar-refractivity contribution in [2.45, 2.75) is 51.6 Å². The van der Waals surface area contributed by atoms with Crippen molar-refractivity contribution in [3.63, 3.8) is 0 Å². The molecule has 2 amide bonds. The van der Waals surface area contributed by atoms with E-state index in [-0.39, 0.29) is 25.0 Å². The molecule has 0 radical (unpaired) electrons. The summed E-state index contributed by atoms with van der Waals surface area (Å²) in [6.07, 6.45) is 3.99. The Morgan fingerprint density at radius 1 is 1.26 bits per heavy atom. The van der Waals surface area contributed by atoms with Gasteiger partial charge in [-0.3, -0.25) is 9.59 Å². The van der Waals surface area contributed by atoms with Crippen LogP contribution in [0.1, 0.15) is 46.0 Å². The van der Waals surface area contributed by atoms with Crippen LogP contribution in [0.3, 0.4) is 0 Å². The smallest absolute Gasteiger partial charge is 0.242 e. The number of piperidine rings is 1. The molecule has 132 valence electrons. The third kappa shape index (κ3) is 4.04. The van der Waals surface area contributed by atoms with E-state index in [0.717, 1.165) is 19.3 Å². The summed E-state index contributed by atoms with van der Waals surface area (Å²) in [5.74, 6) is 0.0656. The minimum atomic E-state index is -0.920. The minimum absolute atomic E-state index is 0.0206. The number of carbonyl (C=O) groups is 2. The van der Waals surface area contributed by atoms with Crippen molar-refractivity contribution in [1.29, 1.82) is 0 Å². The SMILES string of the molecule is COC[C@]1(O)CCN(C(=O)CN2CCCCCC2=O)CC1(C)C. The van der Waals surface area contributed by atoms with E-state index >= 15 is 0 Å². The zero-order chi connectivity index (χ0) is 17.1. The Balaban J connectivity index is 1.97. The zero-order valence-electron chi connectivity index (χ0n) is 14.6. The van der Waals surface area contributed by atoms with Crippen LogP contribution in [0, 0.1) is 5.41 Å². The number of amides is 2. The second kappa shape index (κ2) is 7.18. The van der Waals surface area contributed by atoms with Crippen LogP contribution in [0.5, 0.6) is 0 Å². The first kappa shape index (κ1) is 18.2. The molecule has 6 heteroatoms. The van der Waals surface area contributed by atoms with Crippen LogP contribution >= 0.6 is 0 Å². The van der Waals surface area contributed by atoms with Crippen molar-refractivity contribution in [1.82, 2.24) is 9.80 Å². The summed E-state index contributed by atoms with van der Waals surface area (Å²) in [4.78, 5) is 28.1. The molecule has 2 fully saturated rings. The highest BCUT2D eigenvalue weighted by Crippen LogP contribution is 2.38. The Morgan fingerprint density at radius 2 is 2.00 bits per heavy atom. The van der Waals surface area contributed by atoms with Gasteiger partial charge in [-0.25, -0.2) is 0 Å². The summed E-state index contributed by atoms with van der Waals surface area (Å²) < 4.78 is 5.16. The maximum Gasteiger partial charge on any atom is 0.242 e. The number of hydrogen-bond acceptors (Lipinski definition) is 4. The van der Waals surface area contributed by atoms with Gasteiger partial charge in [-0.2, -0.15) is 0 Å². The number of aliphatic hydroxyl groups is 1. The van der Waals surface area contributed by atoms with E-state index in [2.05, 4.69) is 0 Å². The normalized spacial score (nSPS) is 28.6. The van der Waals surface area contributed by atoms with Gasteiger partial charge in [0.15, 0.2) is 0 Å². The maximum absolute atomic E-state index is 12.6. The Labute approximate surface area is 138 Å². The molecule has 0 bridgehead atoms. The van der Waals surface area contributed by atoms with Crippen molar-refractivity contribution in [2.75, 3.05) is 39.9 Å². The van der Waals surface area contributed by atoms with E-state index in [1.165, 1.54) is 0 Å². The Bertz CT molecular complexity index is 452. The Morgan fingerprint density at radius 3 is 2.65 bits per heavy atom. The number of likely N-dealkylation sites (tertiary alicyclic amines) is 2. The van der Waals surface area contributed by atoms with Gasteiger partial charge in [0.25, 0.3) is 0 Å². The molecular formula is C17H30N2O4. The van der Waals surface area contributed by atoms with E-state index in [0.29, 0.717) is 32.5 Å². The molecule has 1 N–H and O–H groups in total. The van der Waals surface area contributed by atoms with Crippen LogP contribution in [-0.4, -0.2) is 72.2 Å². The highest BCUT2D eigenvalue weighted by atomic mass is 16.5. The zero-order valence-corrected chi connectivity index (χ0v) is 14.6. The second-order valence-corrected chi connectivity index (χ2v) is 7.54. The van der Waals surface area contributed by atoms with E-state index in [4.69, 9.17) is 4.74 Å². The lowest BCUT2D eigenvalue weighted by atomic mass is 9.70. The van der Waals surface area contributed by atoms with Gasteiger partial charge in [0.05, 0.1) is 18.8 Å². The molecule has 0 spiro atoms. The van der Waals surface area contributed by atoms with Crippen LogP contribution in [0.2, 0.25) is 0 Å². The first-order valence-corrected chi connectivity index (χ1v) is 8.56. The Hall–Kier alpha value is -1.14. The first-order valence-electron chi connectivity index (χ1n) is 8.56. The van der Waals surface area contributed by atoms with Crippen molar-refractivity contribution in [3.05, 3.63) is 0 Å². The van der Waals surface area contributed by atoms with Gasteiger partial charge < -0.3 is 19.6 Å². The average Bonchev–Trinajstić information content (AvgIpc) is 2.67. The number of nitrogens with zero attached hydrogens (tertiary/aromatic N) is 2. The van der Waals surface area contributed by atoms with Crippen molar-refractivity contribution in [2.24, 2.45) is 5.41 Å². The quantitative estimate of drug-likeness (QED) is 0.837. The van der Waals surface area contributed by atoms with Gasteiger partial charge >= 0.3 is 0 Å². The molecule has 2 heterocycles. The molecular weight excluding hydrogens is 296 g/mol. The van der Waals surface area contributed by atoms with Crippen molar-refractivity contribution >= 4 is 11.8 Å². The van der Waals surface area contributed by atoms with Gasteiger partial charge in [0.2, 0.25) is 11.8 Å². The van der Waals surface area contributed by atoms with E-state index in [1.54, 1.807) is 16.9 Å². The van der Waals surface area contributed by atoms with Crippen LogP contribution in [-0.2, 0) is 14.3 Å². The fourth-order valence-electron chi connectivity index (χ4n) is 3.55. The molecule has 2 rings (SSSR count). The number of ether oxygens (including phenoxy) is 1. The van der Waals surface area contributed by atoms with Crippen LogP contribution in [0.4, 0.5) is 0 Å². The molecule has 2 aliphatic rings. The molecule has 0 saturated carbocycles. The Kier molecular flexibility index (Phi) is 5.68. The summed E-state index contributed by atoms with van der Waals surface area (Å²) in [7, 11) is 1.58. The molecule has 0 aromatic carbocycles. The third-order valence-corrected chi connectivity index (χ3v) is 5.37. The molecule has 0 aromatic heterocycles. The number of methoxy groups -OCH3 is 1. The third-order valence-electron chi connectivity index (χ3n) is 5.37. The highest BCUT2D eigenvalue weighted by Gasteiger charge is 2.48. The molecule has 23 heavy (non-hydrogen) atoms. The van der Waals surface area contributed by atoms with E-state index in [9.17, 15) is 14.7 Å². The molecule has 0 aromatic rings. The second-order valence-electron chi connectivity index (χ2n) is 7.54. The lowest BCUT2D eigenvalue weighted by Crippen LogP contribution is -2.61. The summed E-state index contributed by atoms with van der Waals surface area (Å²) in [5.41, 5.74) is -1.36. The van der Waals surface area contributed by atoms with Gasteiger partial charge in [0, 0.05) is 38.6 Å². The van der Waals surface area contributed by atoms with Crippen molar-refractivity contribution < 1.29 is 19.4 Å². The van der Waals surface area contributed by atoms with Gasteiger partial charge in [0.1, 0.15) is 0 Å². The molecule has 2 saturated heterocycles. The molecule has 2 aliphatic heterocycles. The number of rotatable bonds is 4. The predicted octanol–water partition coefficient (Wildman–Crippen LogP) is 1.02. The summed E-state index contributed by atoms with van der Waals surface area (Å²) in [5, 5.41) is 10.8. The molecule has 1 atom stereocenters. The largest absolute Gasteiger partial charge is 0.387 e. The minimum Gasteiger partial charge on any atom is -0.387 e. The topological polar surface area (TPSA) is 70.1 Å². The van der Waals surface area contributed by atoms with Crippen LogP contribution in [0.25, 0.3) is 0 Å². The summed E-state index contributed by atoms with van der Waals surface area (Å²) in [6.45, 7) is 6.02. The summed E-state index contributed by atoms with van der Waals surface area (Å²) in [6, 6.07) is 0. The van der Waals surface area contributed by atoms with Gasteiger partial charge in [-0.15, -0.1) is 0 Å². The van der Waals surface area contributed by atoms with Crippen molar-refractivity contribution in [3.8, 4) is 0 Å². The standard InChI is InChI=1S/C17H30N2O4/c1-16(2)12-19(10-8-17(16,22)13-23-3)15(21)11-18-9-6-4-5-7-14(18)20/h22H,4-13H2,1-3H3/t17-/m1/s1. The highest BCUT2D eigenvalue weighted by molar-refractivity contribution is 5.85. The fraction of sp³-hybridized carbons (Fsp3) is 0.882. The first-order chi connectivity index (χ1) is 10.8. The number of carbonyl (C=O) groups excluding carboxylic acids is 2. The molecule has 0 aliphatic carbocycles.